The van der Waals surface area contributed by atoms with Gasteiger partial charge in [-0.1, -0.05) is 0 Å². The van der Waals surface area contributed by atoms with E-state index in [-0.39, 0.29) is 16.8 Å². The third-order valence-corrected chi connectivity index (χ3v) is 5.69. The minimum Gasteiger partial charge on any atom is -0.395 e. The van der Waals surface area contributed by atoms with E-state index in [1.807, 2.05) is 0 Å². The Morgan fingerprint density at radius 3 is 2.58 bits per heavy atom. The second-order valence-electron chi connectivity index (χ2n) is 4.28. The Morgan fingerprint density at radius 1 is 1.47 bits per heavy atom. The molecule has 0 spiro atoms. The molecule has 0 amide bonds. The number of aliphatic hydroxyl groups excluding tert-OH is 1. The Morgan fingerprint density at radius 2 is 2.11 bits per heavy atom. The van der Waals surface area contributed by atoms with Gasteiger partial charge in [0, 0.05) is 11.3 Å². The van der Waals surface area contributed by atoms with Crippen molar-refractivity contribution in [3.8, 4) is 0 Å². The number of thioether (sulfide) groups is 1. The lowest BCUT2D eigenvalue weighted by atomic mass is 10.2. The van der Waals surface area contributed by atoms with Crippen molar-refractivity contribution in [2.75, 3.05) is 12.9 Å². The molecule has 0 saturated heterocycles. The van der Waals surface area contributed by atoms with Gasteiger partial charge >= 0.3 is 0 Å². The van der Waals surface area contributed by atoms with E-state index >= 15 is 0 Å². The van der Waals surface area contributed by atoms with E-state index in [4.69, 9.17) is 5.11 Å². The predicted molar refractivity (Wildman–Crippen MR) is 75.3 cm³/mol. The highest BCUT2D eigenvalue weighted by Crippen LogP contribution is 2.18. The van der Waals surface area contributed by atoms with Crippen molar-refractivity contribution in [1.29, 1.82) is 0 Å². The van der Waals surface area contributed by atoms with Crippen LogP contribution in [0.1, 0.15) is 12.5 Å². The molecule has 2 N–H and O–H groups in total. The molecule has 7 heteroatoms. The van der Waals surface area contributed by atoms with Crippen molar-refractivity contribution in [2.45, 2.75) is 30.0 Å². The number of rotatable bonds is 6. The van der Waals surface area contributed by atoms with E-state index in [0.717, 1.165) is 6.07 Å². The molecule has 0 radical (unpaired) electrons. The number of aliphatic hydroxyl groups is 1. The van der Waals surface area contributed by atoms with E-state index < -0.39 is 21.9 Å². The van der Waals surface area contributed by atoms with Crippen molar-refractivity contribution in [1.82, 2.24) is 4.72 Å². The monoisotopic (exact) mass is 307 g/mol. The summed E-state index contributed by atoms with van der Waals surface area (Å²) in [5, 5.41) is 8.92. The predicted octanol–water partition coefficient (Wildman–Crippen LogP) is 1.52. The van der Waals surface area contributed by atoms with Crippen LogP contribution in [0.2, 0.25) is 0 Å². The lowest BCUT2D eigenvalue weighted by Crippen LogP contribution is -2.41. The van der Waals surface area contributed by atoms with Crippen LogP contribution in [0.3, 0.4) is 0 Å². The number of nitrogens with one attached hydrogen (secondary N) is 1. The van der Waals surface area contributed by atoms with Crippen LogP contribution >= 0.6 is 11.8 Å². The number of sulfonamides is 1. The average molecular weight is 307 g/mol. The van der Waals surface area contributed by atoms with Crippen LogP contribution in [0, 0.1) is 12.7 Å². The van der Waals surface area contributed by atoms with Gasteiger partial charge in [0.25, 0.3) is 0 Å². The van der Waals surface area contributed by atoms with Gasteiger partial charge in [-0.15, -0.1) is 0 Å². The van der Waals surface area contributed by atoms with Gasteiger partial charge in [0.2, 0.25) is 10.0 Å². The first-order chi connectivity index (χ1) is 8.81. The third-order valence-electron chi connectivity index (χ3n) is 2.81. The van der Waals surface area contributed by atoms with Crippen molar-refractivity contribution >= 4 is 21.8 Å². The standard InChI is InChI=1S/C12H18FNO3S2/c1-8-6-10(13)4-5-12(8)19(16,17)14-9(2)11(7-15)18-3/h4-6,9,11,14-15H,7H2,1-3H3. The van der Waals surface area contributed by atoms with Crippen LogP contribution in [0.5, 0.6) is 0 Å². The fourth-order valence-corrected chi connectivity index (χ4v) is 3.96. The topological polar surface area (TPSA) is 66.4 Å². The molecule has 1 aromatic carbocycles. The Kier molecular flexibility index (Phi) is 5.79. The zero-order valence-corrected chi connectivity index (χ0v) is 12.7. The van der Waals surface area contributed by atoms with Crippen LogP contribution in [-0.4, -0.2) is 37.7 Å². The van der Waals surface area contributed by atoms with Gasteiger partial charge in [0.05, 0.1) is 11.5 Å². The molecule has 0 aliphatic heterocycles. The summed E-state index contributed by atoms with van der Waals surface area (Å²) in [6, 6.07) is 3.11. The number of hydrogen-bond acceptors (Lipinski definition) is 4. The van der Waals surface area contributed by atoms with E-state index in [0.29, 0.717) is 5.56 Å². The lowest BCUT2D eigenvalue weighted by Gasteiger charge is -2.21. The van der Waals surface area contributed by atoms with Gasteiger partial charge in [0.1, 0.15) is 5.82 Å². The van der Waals surface area contributed by atoms with Gasteiger partial charge in [0.15, 0.2) is 0 Å². The zero-order valence-electron chi connectivity index (χ0n) is 11.1. The quantitative estimate of drug-likeness (QED) is 0.836. The molecular weight excluding hydrogens is 289 g/mol. The molecule has 1 rings (SSSR count). The highest BCUT2D eigenvalue weighted by molar-refractivity contribution is 7.99. The first-order valence-electron chi connectivity index (χ1n) is 5.74. The van der Waals surface area contributed by atoms with Crippen LogP contribution in [0.4, 0.5) is 4.39 Å². The number of benzene rings is 1. The van der Waals surface area contributed by atoms with Crippen molar-refractivity contribution in [2.24, 2.45) is 0 Å². The maximum atomic E-state index is 13.0. The lowest BCUT2D eigenvalue weighted by molar-refractivity contribution is 0.282. The van der Waals surface area contributed by atoms with Gasteiger partial charge < -0.3 is 5.11 Å². The second-order valence-corrected chi connectivity index (χ2v) is 7.04. The average Bonchev–Trinajstić information content (AvgIpc) is 2.29. The van der Waals surface area contributed by atoms with E-state index in [1.54, 1.807) is 20.1 Å². The van der Waals surface area contributed by atoms with Crippen LogP contribution in [0.25, 0.3) is 0 Å². The summed E-state index contributed by atoms with van der Waals surface area (Å²) in [5.41, 5.74) is 0.351. The van der Waals surface area contributed by atoms with E-state index in [1.165, 1.54) is 23.9 Å². The number of hydrogen-bond donors (Lipinski definition) is 2. The third kappa shape index (κ3) is 4.17. The smallest absolute Gasteiger partial charge is 0.241 e. The summed E-state index contributed by atoms with van der Waals surface area (Å²) in [7, 11) is -3.71. The van der Waals surface area contributed by atoms with Gasteiger partial charge in [-0.25, -0.2) is 17.5 Å². The molecule has 19 heavy (non-hydrogen) atoms. The number of halogens is 1. The molecule has 0 aliphatic rings. The van der Waals surface area contributed by atoms with E-state index in [9.17, 15) is 12.8 Å². The minimum atomic E-state index is -3.71. The molecule has 2 atom stereocenters. The summed E-state index contributed by atoms with van der Waals surface area (Å²) >= 11 is 1.38. The fraction of sp³-hybridized carbons (Fsp3) is 0.500. The molecule has 4 nitrogen and oxygen atoms in total. The fourth-order valence-electron chi connectivity index (χ4n) is 1.74. The Labute approximate surface area is 117 Å². The van der Waals surface area contributed by atoms with Gasteiger partial charge in [-0.05, 0) is 43.9 Å². The molecule has 2 unspecified atom stereocenters. The minimum absolute atomic E-state index is 0.0542. The normalized spacial score (nSPS) is 15.2. The molecule has 0 heterocycles. The van der Waals surface area contributed by atoms with Crippen LogP contribution in [0.15, 0.2) is 23.1 Å². The molecular formula is C12H18FNO3S2. The molecule has 0 fully saturated rings. The molecule has 0 saturated carbocycles. The summed E-state index contributed by atoms with van der Waals surface area (Å²) in [6.07, 6.45) is 1.80. The van der Waals surface area contributed by atoms with E-state index in [2.05, 4.69) is 4.72 Å². The maximum Gasteiger partial charge on any atom is 0.241 e. The summed E-state index contributed by atoms with van der Waals surface area (Å²) in [5.74, 6) is -0.471. The van der Waals surface area contributed by atoms with Crippen LogP contribution in [-0.2, 0) is 10.0 Å². The van der Waals surface area contributed by atoms with Crippen molar-refractivity contribution in [3.05, 3.63) is 29.6 Å². The summed E-state index contributed by atoms with van der Waals surface area (Å²) in [6.45, 7) is 3.11. The zero-order chi connectivity index (χ0) is 14.6. The van der Waals surface area contributed by atoms with Gasteiger partial charge in [-0.3, -0.25) is 0 Å². The first kappa shape index (κ1) is 16.4. The SMILES string of the molecule is CSC(CO)C(C)NS(=O)(=O)c1ccc(F)cc1C. The Hall–Kier alpha value is -0.630. The summed E-state index contributed by atoms with van der Waals surface area (Å²) in [4.78, 5) is 0.0542. The molecule has 1 aromatic rings. The molecule has 0 aliphatic carbocycles. The molecule has 108 valence electrons. The number of aryl methyl sites for hydroxylation is 1. The second kappa shape index (κ2) is 6.69. The first-order valence-corrected chi connectivity index (χ1v) is 8.51. The molecule has 0 bridgehead atoms. The highest BCUT2D eigenvalue weighted by atomic mass is 32.2. The Bertz CT molecular complexity index is 530. The van der Waals surface area contributed by atoms with Crippen molar-refractivity contribution in [3.63, 3.8) is 0 Å². The molecule has 0 aromatic heterocycles. The Balaban J connectivity index is 2.98. The summed E-state index contributed by atoms with van der Waals surface area (Å²) < 4.78 is 39.9. The van der Waals surface area contributed by atoms with Crippen LogP contribution < -0.4 is 4.72 Å². The van der Waals surface area contributed by atoms with Gasteiger partial charge in [-0.2, -0.15) is 11.8 Å². The maximum absolute atomic E-state index is 13.0. The highest BCUT2D eigenvalue weighted by Gasteiger charge is 2.24. The van der Waals surface area contributed by atoms with Crippen molar-refractivity contribution < 1.29 is 17.9 Å². The largest absolute Gasteiger partial charge is 0.395 e.